The third kappa shape index (κ3) is 1.87. The standard InChI is InChI=1S/C10H10NO2/c12-10-7-13-8-11(10)6-9-4-2-1-3-5-9/h1-5,8H,6-7H2/q-1. The summed E-state index contributed by atoms with van der Waals surface area (Å²) in [5.41, 5.74) is 1.11. The molecule has 68 valence electrons. The molecular weight excluding hydrogens is 166 g/mol. The summed E-state index contributed by atoms with van der Waals surface area (Å²) in [6.45, 7) is 2.25. The summed E-state index contributed by atoms with van der Waals surface area (Å²) in [4.78, 5) is 12.7. The van der Waals surface area contributed by atoms with E-state index in [2.05, 4.69) is 0 Å². The van der Waals surface area contributed by atoms with Crippen molar-refractivity contribution in [3.63, 3.8) is 0 Å². The quantitative estimate of drug-likeness (QED) is 0.633. The van der Waals surface area contributed by atoms with Gasteiger partial charge in [0.25, 0.3) is 0 Å². The number of hydrogen-bond acceptors (Lipinski definition) is 2. The topological polar surface area (TPSA) is 29.5 Å². The van der Waals surface area contributed by atoms with E-state index in [0.717, 1.165) is 5.56 Å². The molecule has 0 radical (unpaired) electrons. The van der Waals surface area contributed by atoms with Gasteiger partial charge >= 0.3 is 0 Å². The second kappa shape index (κ2) is 3.58. The largest absolute Gasteiger partial charge is 0.525 e. The van der Waals surface area contributed by atoms with Crippen molar-refractivity contribution >= 4 is 5.91 Å². The third-order valence-electron chi connectivity index (χ3n) is 1.92. The number of carbonyl (C=O) groups is 1. The highest BCUT2D eigenvalue weighted by Gasteiger charge is 2.11. The van der Waals surface area contributed by atoms with Crippen molar-refractivity contribution in [2.45, 2.75) is 6.54 Å². The van der Waals surface area contributed by atoms with Gasteiger partial charge in [0.2, 0.25) is 5.91 Å². The van der Waals surface area contributed by atoms with Crippen LogP contribution in [-0.2, 0) is 16.1 Å². The van der Waals surface area contributed by atoms with Gasteiger partial charge in [0.05, 0.1) is 6.61 Å². The maximum atomic E-state index is 11.1. The van der Waals surface area contributed by atoms with Crippen molar-refractivity contribution in [2.24, 2.45) is 0 Å². The maximum absolute atomic E-state index is 11.1. The van der Waals surface area contributed by atoms with Crippen LogP contribution in [0.5, 0.6) is 0 Å². The van der Waals surface area contributed by atoms with Crippen molar-refractivity contribution in [2.75, 3.05) is 6.61 Å². The van der Waals surface area contributed by atoms with Crippen LogP contribution < -0.4 is 0 Å². The second-order valence-electron chi connectivity index (χ2n) is 2.92. The summed E-state index contributed by atoms with van der Waals surface area (Å²) in [5.74, 6) is 0.0175. The molecule has 1 fully saturated rings. The van der Waals surface area contributed by atoms with Gasteiger partial charge in [-0.3, -0.25) is 4.79 Å². The molecule has 0 N–H and O–H groups in total. The predicted molar refractivity (Wildman–Crippen MR) is 47.2 cm³/mol. The molecule has 0 bridgehead atoms. The Morgan fingerprint density at radius 2 is 2.15 bits per heavy atom. The van der Waals surface area contributed by atoms with Crippen LogP contribution in [-0.4, -0.2) is 17.4 Å². The Morgan fingerprint density at radius 3 is 2.77 bits per heavy atom. The van der Waals surface area contributed by atoms with E-state index in [-0.39, 0.29) is 12.5 Å². The monoisotopic (exact) mass is 176 g/mol. The average Bonchev–Trinajstić information content (AvgIpc) is 2.54. The molecule has 0 atom stereocenters. The predicted octanol–water partition coefficient (Wildman–Crippen LogP) is 1.16. The first-order valence-electron chi connectivity index (χ1n) is 4.14. The van der Waals surface area contributed by atoms with Gasteiger partial charge in [0.1, 0.15) is 0 Å². The molecule has 3 heteroatoms. The average molecular weight is 176 g/mol. The minimum Gasteiger partial charge on any atom is -0.525 e. The normalized spacial score (nSPS) is 16.6. The van der Waals surface area contributed by atoms with E-state index < -0.39 is 0 Å². The molecule has 1 aliphatic heterocycles. The van der Waals surface area contributed by atoms with Crippen molar-refractivity contribution in [1.29, 1.82) is 0 Å². The van der Waals surface area contributed by atoms with Crippen LogP contribution in [0.1, 0.15) is 5.56 Å². The van der Waals surface area contributed by atoms with Crippen LogP contribution in [0.3, 0.4) is 0 Å². The molecule has 0 saturated carbocycles. The Hall–Kier alpha value is -1.35. The lowest BCUT2D eigenvalue weighted by Gasteiger charge is -2.23. The molecule has 13 heavy (non-hydrogen) atoms. The molecule has 1 heterocycles. The van der Waals surface area contributed by atoms with Gasteiger partial charge in [0, 0.05) is 6.54 Å². The Bertz CT molecular complexity index is 297. The summed E-state index contributed by atoms with van der Waals surface area (Å²) in [7, 11) is 0. The van der Waals surface area contributed by atoms with Crippen LogP contribution in [0.4, 0.5) is 0 Å². The van der Waals surface area contributed by atoms with Crippen molar-refractivity contribution < 1.29 is 9.53 Å². The molecule has 1 aromatic carbocycles. The lowest BCUT2D eigenvalue weighted by molar-refractivity contribution is -0.126. The van der Waals surface area contributed by atoms with E-state index in [1.54, 1.807) is 4.90 Å². The Kier molecular flexibility index (Phi) is 2.27. The molecule has 1 saturated heterocycles. The number of hydrogen-bond donors (Lipinski definition) is 0. The maximum Gasteiger partial charge on any atom is 0.218 e. The Labute approximate surface area is 76.9 Å². The fraction of sp³-hybridized carbons (Fsp3) is 0.200. The molecule has 1 aliphatic rings. The van der Waals surface area contributed by atoms with Crippen molar-refractivity contribution in [3.8, 4) is 0 Å². The van der Waals surface area contributed by atoms with E-state index in [9.17, 15) is 4.79 Å². The Balaban J connectivity index is 2.02. The molecular formula is C10H10NO2-. The lowest BCUT2D eigenvalue weighted by Crippen LogP contribution is -2.22. The highest BCUT2D eigenvalue weighted by atomic mass is 16.5. The van der Waals surface area contributed by atoms with Crippen molar-refractivity contribution in [3.05, 3.63) is 42.6 Å². The van der Waals surface area contributed by atoms with Gasteiger partial charge < -0.3 is 9.64 Å². The van der Waals surface area contributed by atoms with Gasteiger partial charge in [0.15, 0.2) is 0 Å². The zero-order valence-electron chi connectivity index (χ0n) is 7.14. The zero-order valence-corrected chi connectivity index (χ0v) is 7.14. The SMILES string of the molecule is O=C1CO[CH-]N1Cc1ccccc1. The van der Waals surface area contributed by atoms with E-state index in [1.807, 2.05) is 30.3 Å². The highest BCUT2D eigenvalue weighted by Crippen LogP contribution is 2.11. The Morgan fingerprint density at radius 1 is 1.38 bits per heavy atom. The fourth-order valence-corrected chi connectivity index (χ4v) is 1.25. The van der Waals surface area contributed by atoms with E-state index in [4.69, 9.17) is 4.74 Å². The minimum absolute atomic E-state index is 0.0175. The fourth-order valence-electron chi connectivity index (χ4n) is 1.25. The van der Waals surface area contributed by atoms with Crippen molar-refractivity contribution in [1.82, 2.24) is 4.90 Å². The van der Waals surface area contributed by atoms with Crippen LogP contribution in [0.25, 0.3) is 0 Å². The summed E-state index contributed by atoms with van der Waals surface area (Å²) >= 11 is 0. The molecule has 3 nitrogen and oxygen atoms in total. The zero-order chi connectivity index (χ0) is 9.10. The van der Waals surface area contributed by atoms with Gasteiger partial charge in [-0.2, -0.15) is 0 Å². The molecule has 0 unspecified atom stereocenters. The van der Waals surface area contributed by atoms with E-state index in [0.29, 0.717) is 6.54 Å². The third-order valence-corrected chi connectivity index (χ3v) is 1.92. The molecule has 0 spiro atoms. The lowest BCUT2D eigenvalue weighted by atomic mass is 10.2. The molecule has 1 amide bonds. The summed E-state index contributed by atoms with van der Waals surface area (Å²) in [6, 6.07) is 9.84. The summed E-state index contributed by atoms with van der Waals surface area (Å²) in [6.07, 6.45) is 0. The number of benzene rings is 1. The number of nitrogens with zero attached hydrogens (tertiary/aromatic N) is 1. The van der Waals surface area contributed by atoms with Crippen LogP contribution in [0, 0.1) is 6.73 Å². The number of ether oxygens (including phenoxy) is 1. The minimum atomic E-state index is 0.0175. The van der Waals surface area contributed by atoms with Gasteiger partial charge in [-0.15, -0.1) is 6.73 Å². The molecule has 2 rings (SSSR count). The second-order valence-corrected chi connectivity index (χ2v) is 2.92. The molecule has 0 aliphatic carbocycles. The number of amides is 1. The first-order chi connectivity index (χ1) is 6.36. The van der Waals surface area contributed by atoms with Gasteiger partial charge in [-0.1, -0.05) is 30.3 Å². The first kappa shape index (κ1) is 8.26. The number of rotatable bonds is 2. The summed E-state index contributed by atoms with van der Waals surface area (Å²) in [5, 5.41) is 0. The highest BCUT2D eigenvalue weighted by molar-refractivity contribution is 5.79. The van der Waals surface area contributed by atoms with Gasteiger partial charge in [-0.05, 0) is 5.56 Å². The van der Waals surface area contributed by atoms with Gasteiger partial charge in [-0.25, -0.2) is 0 Å². The van der Waals surface area contributed by atoms with E-state index >= 15 is 0 Å². The van der Waals surface area contributed by atoms with Crippen LogP contribution in [0.15, 0.2) is 30.3 Å². The van der Waals surface area contributed by atoms with Crippen LogP contribution in [0.2, 0.25) is 0 Å². The molecule has 0 aromatic heterocycles. The van der Waals surface area contributed by atoms with Crippen LogP contribution >= 0.6 is 0 Å². The summed E-state index contributed by atoms with van der Waals surface area (Å²) < 4.78 is 4.89. The molecule has 1 aromatic rings. The smallest absolute Gasteiger partial charge is 0.218 e. The van der Waals surface area contributed by atoms with E-state index in [1.165, 1.54) is 6.73 Å². The first-order valence-corrected chi connectivity index (χ1v) is 4.14. The number of carbonyl (C=O) groups excluding carboxylic acids is 1.